The first-order valence-electron chi connectivity index (χ1n) is 6.13. The molecule has 3 N–H and O–H groups in total. The molecule has 8 heteroatoms. The minimum atomic E-state index is -3.10. The molecule has 0 amide bonds. The highest BCUT2D eigenvalue weighted by molar-refractivity contribution is 5.68. The Morgan fingerprint density at radius 3 is 2.71 bits per heavy atom. The minimum Gasteiger partial charge on any atom is -0.432 e. The van der Waals surface area contributed by atoms with Crippen LogP contribution < -0.4 is 15.8 Å². The minimum absolute atomic E-state index is 0.107. The summed E-state index contributed by atoms with van der Waals surface area (Å²) in [5, 5.41) is 7.04. The molecule has 2 aromatic rings. The smallest absolute Gasteiger partial charge is 0.387 e. The molecule has 0 saturated heterocycles. The highest BCUT2D eigenvalue weighted by Gasteiger charge is 2.13. The van der Waals surface area contributed by atoms with E-state index in [-0.39, 0.29) is 5.69 Å². The molecule has 0 atom stereocenters. The molecule has 21 heavy (non-hydrogen) atoms. The summed E-state index contributed by atoms with van der Waals surface area (Å²) in [5.41, 5.74) is 7.95. The van der Waals surface area contributed by atoms with Gasteiger partial charge in [0, 0.05) is 37.0 Å². The predicted molar refractivity (Wildman–Crippen MR) is 72.7 cm³/mol. The van der Waals surface area contributed by atoms with Gasteiger partial charge in [-0.1, -0.05) is 0 Å². The molecule has 0 spiro atoms. The molecule has 0 aliphatic heterocycles. The van der Waals surface area contributed by atoms with E-state index >= 15 is 0 Å². The average molecular weight is 300 g/mol. The van der Waals surface area contributed by atoms with Gasteiger partial charge in [-0.3, -0.25) is 4.68 Å². The van der Waals surface area contributed by atoms with Gasteiger partial charge >= 0.3 is 6.61 Å². The van der Waals surface area contributed by atoms with Crippen LogP contribution in [0, 0.1) is 12.7 Å². The predicted octanol–water partition coefficient (Wildman–Crippen LogP) is 2.66. The summed E-state index contributed by atoms with van der Waals surface area (Å²) in [6, 6.07) is 2.05. The maximum absolute atomic E-state index is 13.4. The van der Waals surface area contributed by atoms with Crippen molar-refractivity contribution in [3.63, 3.8) is 0 Å². The zero-order chi connectivity index (χ0) is 15.6. The van der Waals surface area contributed by atoms with Crippen molar-refractivity contribution >= 4 is 11.4 Å². The van der Waals surface area contributed by atoms with E-state index in [4.69, 9.17) is 5.73 Å². The van der Waals surface area contributed by atoms with E-state index in [0.29, 0.717) is 12.2 Å². The van der Waals surface area contributed by atoms with E-state index in [9.17, 15) is 13.2 Å². The maximum atomic E-state index is 13.4. The summed E-state index contributed by atoms with van der Waals surface area (Å²) in [4.78, 5) is 0. The van der Waals surface area contributed by atoms with Gasteiger partial charge in [0.2, 0.25) is 0 Å². The van der Waals surface area contributed by atoms with Crippen molar-refractivity contribution in [2.75, 3.05) is 11.1 Å². The number of anilines is 2. The summed E-state index contributed by atoms with van der Waals surface area (Å²) in [6.45, 7) is -0.830. The van der Waals surface area contributed by atoms with Crippen molar-refractivity contribution in [2.45, 2.75) is 20.1 Å². The first kappa shape index (κ1) is 15.0. The van der Waals surface area contributed by atoms with Crippen LogP contribution in [0.3, 0.4) is 0 Å². The summed E-state index contributed by atoms with van der Waals surface area (Å²) in [6.07, 6.45) is 1.68. The molecule has 1 aromatic carbocycles. The molecule has 114 valence electrons. The number of nitrogen functional groups attached to an aromatic ring is 1. The molecule has 1 aromatic heterocycles. The van der Waals surface area contributed by atoms with E-state index in [0.717, 1.165) is 23.4 Å². The Bertz CT molecular complexity index is 643. The molecule has 0 aliphatic rings. The molecule has 0 unspecified atom stereocenters. The molecular weight excluding hydrogens is 285 g/mol. The number of alkyl halides is 2. The second-order valence-corrected chi connectivity index (χ2v) is 4.48. The Labute approximate surface area is 119 Å². The summed E-state index contributed by atoms with van der Waals surface area (Å²) in [7, 11) is 1.81. The molecule has 0 radical (unpaired) electrons. The monoisotopic (exact) mass is 300 g/mol. The number of hydrogen-bond donors (Lipinski definition) is 2. The molecule has 5 nitrogen and oxygen atoms in total. The van der Waals surface area contributed by atoms with Crippen molar-refractivity contribution in [1.82, 2.24) is 9.78 Å². The number of nitrogens with two attached hydrogens (primary N) is 1. The zero-order valence-corrected chi connectivity index (χ0v) is 11.5. The van der Waals surface area contributed by atoms with E-state index < -0.39 is 18.2 Å². The third kappa shape index (κ3) is 3.39. The number of halogens is 3. The van der Waals surface area contributed by atoms with Crippen molar-refractivity contribution < 1.29 is 17.9 Å². The van der Waals surface area contributed by atoms with Gasteiger partial charge in [0.05, 0.1) is 17.6 Å². The highest BCUT2D eigenvalue weighted by Crippen LogP contribution is 2.29. The van der Waals surface area contributed by atoms with Crippen LogP contribution in [0.1, 0.15) is 11.3 Å². The Morgan fingerprint density at radius 2 is 2.14 bits per heavy atom. The number of hydrogen-bond acceptors (Lipinski definition) is 4. The Morgan fingerprint density at radius 1 is 1.43 bits per heavy atom. The first-order chi connectivity index (χ1) is 9.88. The summed E-state index contributed by atoms with van der Waals surface area (Å²) < 4.78 is 43.6. The lowest BCUT2D eigenvalue weighted by Gasteiger charge is -2.12. The van der Waals surface area contributed by atoms with Crippen LogP contribution in [0.5, 0.6) is 5.75 Å². The summed E-state index contributed by atoms with van der Waals surface area (Å²) in [5.74, 6) is -1.49. The average Bonchev–Trinajstić information content (AvgIpc) is 2.71. The topological polar surface area (TPSA) is 65.1 Å². The highest BCUT2D eigenvalue weighted by atomic mass is 19.3. The SMILES string of the molecule is Cc1c(CNc2cc(OC(F)F)c(F)cc2N)cnn1C. The molecular formula is C13H15F3N4O. The van der Waals surface area contributed by atoms with Gasteiger partial charge in [0.1, 0.15) is 0 Å². The first-order valence-corrected chi connectivity index (χ1v) is 6.13. The van der Waals surface area contributed by atoms with E-state index in [1.165, 1.54) is 0 Å². The van der Waals surface area contributed by atoms with Gasteiger partial charge in [0.25, 0.3) is 0 Å². The largest absolute Gasteiger partial charge is 0.432 e. The van der Waals surface area contributed by atoms with Crippen LogP contribution in [0.4, 0.5) is 24.5 Å². The zero-order valence-electron chi connectivity index (χ0n) is 11.5. The molecule has 2 rings (SSSR count). The molecule has 0 fully saturated rings. The molecule has 1 heterocycles. The fourth-order valence-electron chi connectivity index (χ4n) is 1.82. The van der Waals surface area contributed by atoms with Crippen LogP contribution in [-0.2, 0) is 13.6 Å². The Hall–Kier alpha value is -2.38. The lowest BCUT2D eigenvalue weighted by molar-refractivity contribution is -0.0521. The van der Waals surface area contributed by atoms with Crippen molar-refractivity contribution in [1.29, 1.82) is 0 Å². The van der Waals surface area contributed by atoms with Crippen LogP contribution >= 0.6 is 0 Å². The maximum Gasteiger partial charge on any atom is 0.387 e. The van der Waals surface area contributed by atoms with Crippen LogP contribution in [-0.4, -0.2) is 16.4 Å². The van der Waals surface area contributed by atoms with Gasteiger partial charge < -0.3 is 15.8 Å². The summed E-state index contributed by atoms with van der Waals surface area (Å²) >= 11 is 0. The second-order valence-electron chi connectivity index (χ2n) is 4.48. The van der Waals surface area contributed by atoms with E-state index in [1.54, 1.807) is 17.9 Å². The standard InChI is InChI=1S/C13H15F3N4O/c1-7-8(6-19-20(7)2)5-18-11-4-12(21-13(15)16)9(14)3-10(11)17/h3-4,6,13,18H,5,17H2,1-2H3. The van der Waals surface area contributed by atoms with Gasteiger partial charge in [-0.05, 0) is 6.92 Å². The number of rotatable bonds is 5. The molecule has 0 aliphatic carbocycles. The third-order valence-corrected chi connectivity index (χ3v) is 3.13. The number of nitrogens with one attached hydrogen (secondary N) is 1. The van der Waals surface area contributed by atoms with Gasteiger partial charge in [-0.2, -0.15) is 13.9 Å². The van der Waals surface area contributed by atoms with Crippen LogP contribution in [0.25, 0.3) is 0 Å². The number of aryl methyl sites for hydroxylation is 1. The number of ether oxygens (including phenoxy) is 1. The molecule has 0 saturated carbocycles. The van der Waals surface area contributed by atoms with Crippen molar-refractivity contribution in [3.05, 3.63) is 35.4 Å². The Kier molecular flexibility index (Phi) is 4.25. The van der Waals surface area contributed by atoms with Gasteiger partial charge in [-0.15, -0.1) is 0 Å². The quantitative estimate of drug-likeness (QED) is 0.833. The van der Waals surface area contributed by atoms with E-state index in [1.807, 2.05) is 6.92 Å². The van der Waals surface area contributed by atoms with Crippen LogP contribution in [0.2, 0.25) is 0 Å². The van der Waals surface area contributed by atoms with Gasteiger partial charge in [-0.25, -0.2) is 4.39 Å². The molecule has 0 bridgehead atoms. The van der Waals surface area contributed by atoms with Crippen LogP contribution in [0.15, 0.2) is 18.3 Å². The second kappa shape index (κ2) is 5.94. The lowest BCUT2D eigenvalue weighted by Crippen LogP contribution is -2.07. The fraction of sp³-hybridized carbons (Fsp3) is 0.308. The fourth-order valence-corrected chi connectivity index (χ4v) is 1.82. The number of nitrogens with zero attached hydrogens (tertiary/aromatic N) is 2. The van der Waals surface area contributed by atoms with Crippen molar-refractivity contribution in [2.24, 2.45) is 7.05 Å². The number of aromatic nitrogens is 2. The lowest BCUT2D eigenvalue weighted by atomic mass is 10.2. The van der Waals surface area contributed by atoms with E-state index in [2.05, 4.69) is 15.2 Å². The number of benzene rings is 1. The normalized spacial score (nSPS) is 11.0. The Balaban J connectivity index is 2.17. The van der Waals surface area contributed by atoms with Crippen molar-refractivity contribution in [3.8, 4) is 5.75 Å². The third-order valence-electron chi connectivity index (χ3n) is 3.13. The van der Waals surface area contributed by atoms with Gasteiger partial charge in [0.15, 0.2) is 11.6 Å².